The van der Waals surface area contributed by atoms with Crippen molar-refractivity contribution in [3.8, 4) is 11.5 Å². The quantitative estimate of drug-likeness (QED) is 0.919. The van der Waals surface area contributed by atoms with Gasteiger partial charge in [-0.05, 0) is 24.3 Å². The molecule has 0 unspecified atom stereocenters. The van der Waals surface area contributed by atoms with Crippen LogP contribution in [0.1, 0.15) is 10.4 Å². The number of aromatic nitrogens is 1. The van der Waals surface area contributed by atoms with Crippen molar-refractivity contribution >= 4 is 17.4 Å². The van der Waals surface area contributed by atoms with Gasteiger partial charge in [-0.15, -0.1) is 0 Å². The van der Waals surface area contributed by atoms with E-state index in [-0.39, 0.29) is 5.91 Å². The van der Waals surface area contributed by atoms with Gasteiger partial charge in [0.05, 0.1) is 19.8 Å². The molecular weight excluding hydrogens is 282 g/mol. The molecule has 0 fully saturated rings. The second-order valence-electron chi connectivity index (χ2n) is 4.79. The van der Waals surface area contributed by atoms with E-state index in [9.17, 15) is 4.79 Å². The molecule has 2 aromatic rings. The average molecular weight is 301 g/mol. The van der Waals surface area contributed by atoms with Crippen LogP contribution in [0.2, 0.25) is 0 Å². The van der Waals surface area contributed by atoms with E-state index in [0.717, 1.165) is 0 Å². The lowest BCUT2D eigenvalue weighted by Gasteiger charge is -2.16. The van der Waals surface area contributed by atoms with Gasteiger partial charge in [0.2, 0.25) is 0 Å². The maximum atomic E-state index is 12.4. The van der Waals surface area contributed by atoms with E-state index in [0.29, 0.717) is 28.6 Å². The van der Waals surface area contributed by atoms with Crippen LogP contribution in [0.5, 0.6) is 11.5 Å². The molecule has 22 heavy (non-hydrogen) atoms. The van der Waals surface area contributed by atoms with Gasteiger partial charge in [-0.1, -0.05) is 0 Å². The summed E-state index contributed by atoms with van der Waals surface area (Å²) in [5, 5.41) is 2.84. The highest BCUT2D eigenvalue weighted by Gasteiger charge is 2.14. The van der Waals surface area contributed by atoms with Crippen molar-refractivity contribution in [2.24, 2.45) is 0 Å². The average Bonchev–Trinajstić information content (AvgIpc) is 2.54. The van der Waals surface area contributed by atoms with Crippen LogP contribution in [0.25, 0.3) is 0 Å². The van der Waals surface area contributed by atoms with Crippen molar-refractivity contribution in [1.29, 1.82) is 0 Å². The van der Waals surface area contributed by atoms with Gasteiger partial charge in [-0.25, -0.2) is 4.98 Å². The Bertz CT molecular complexity index is 671. The smallest absolute Gasteiger partial charge is 0.259 e. The Morgan fingerprint density at radius 2 is 1.86 bits per heavy atom. The van der Waals surface area contributed by atoms with Crippen molar-refractivity contribution < 1.29 is 14.3 Å². The van der Waals surface area contributed by atoms with Gasteiger partial charge < -0.3 is 19.7 Å². The number of ether oxygens (including phenoxy) is 2. The zero-order valence-electron chi connectivity index (χ0n) is 13.1. The minimum absolute atomic E-state index is 0.232. The van der Waals surface area contributed by atoms with Crippen LogP contribution in [0.15, 0.2) is 36.5 Å². The number of carbonyl (C=O) groups excluding carboxylic acids is 1. The Morgan fingerprint density at radius 3 is 2.50 bits per heavy atom. The van der Waals surface area contributed by atoms with Gasteiger partial charge in [0.15, 0.2) is 11.5 Å². The highest BCUT2D eigenvalue weighted by atomic mass is 16.5. The molecule has 6 nitrogen and oxygen atoms in total. The fraction of sp³-hybridized carbons (Fsp3) is 0.250. The molecule has 2 rings (SSSR count). The van der Waals surface area contributed by atoms with Crippen LogP contribution in [-0.2, 0) is 0 Å². The molecule has 116 valence electrons. The molecule has 0 aliphatic carbocycles. The van der Waals surface area contributed by atoms with Crippen LogP contribution in [0.3, 0.4) is 0 Å². The number of carbonyl (C=O) groups is 1. The zero-order chi connectivity index (χ0) is 16.1. The number of rotatable bonds is 5. The Kier molecular flexibility index (Phi) is 4.83. The summed E-state index contributed by atoms with van der Waals surface area (Å²) in [5.41, 5.74) is 1.12. The van der Waals surface area contributed by atoms with Crippen LogP contribution in [-0.4, -0.2) is 39.2 Å². The molecule has 0 aliphatic rings. The number of pyridine rings is 1. The van der Waals surface area contributed by atoms with Gasteiger partial charge in [0.1, 0.15) is 5.82 Å². The maximum absolute atomic E-state index is 12.4. The van der Waals surface area contributed by atoms with Crippen LogP contribution in [0.4, 0.5) is 11.5 Å². The molecule has 0 bridgehead atoms. The summed E-state index contributed by atoms with van der Waals surface area (Å²) in [4.78, 5) is 18.5. The fourth-order valence-corrected chi connectivity index (χ4v) is 2.04. The highest BCUT2D eigenvalue weighted by Crippen LogP contribution is 2.30. The van der Waals surface area contributed by atoms with E-state index in [1.165, 1.54) is 0 Å². The molecule has 1 N–H and O–H groups in total. The molecule has 1 amide bonds. The minimum Gasteiger partial charge on any atom is -0.493 e. The molecule has 0 saturated carbocycles. The number of nitrogens with one attached hydrogen (secondary N) is 1. The Balaban J connectivity index is 2.26. The van der Waals surface area contributed by atoms with Gasteiger partial charge in [0.25, 0.3) is 5.91 Å². The normalized spacial score (nSPS) is 10.0. The van der Waals surface area contributed by atoms with Crippen LogP contribution in [0, 0.1) is 0 Å². The SMILES string of the molecule is COc1ccc(NC(=O)c2cccnc2N(C)C)cc1OC. The molecule has 6 heteroatoms. The maximum Gasteiger partial charge on any atom is 0.259 e. The third-order valence-corrected chi connectivity index (χ3v) is 3.10. The summed E-state index contributed by atoms with van der Waals surface area (Å²) in [6.07, 6.45) is 1.66. The number of benzene rings is 1. The molecule has 0 aliphatic heterocycles. The monoisotopic (exact) mass is 301 g/mol. The molecular formula is C16H19N3O3. The summed E-state index contributed by atoms with van der Waals surface area (Å²) < 4.78 is 10.4. The molecule has 0 radical (unpaired) electrons. The summed E-state index contributed by atoms with van der Waals surface area (Å²) in [6, 6.07) is 8.67. The highest BCUT2D eigenvalue weighted by molar-refractivity contribution is 6.07. The molecule has 1 aromatic carbocycles. The second kappa shape index (κ2) is 6.80. The summed E-state index contributed by atoms with van der Waals surface area (Å²) in [5.74, 6) is 1.54. The standard InChI is InChI=1S/C16H19N3O3/c1-19(2)15-12(6-5-9-17-15)16(20)18-11-7-8-13(21-3)14(10-11)22-4/h5-10H,1-4H3,(H,18,20). The molecule has 1 aromatic heterocycles. The third-order valence-electron chi connectivity index (χ3n) is 3.10. The van der Waals surface area contributed by atoms with Gasteiger partial charge in [-0.3, -0.25) is 4.79 Å². The summed E-state index contributed by atoms with van der Waals surface area (Å²) in [7, 11) is 6.80. The van der Waals surface area contributed by atoms with E-state index in [2.05, 4.69) is 10.3 Å². The van der Waals surface area contributed by atoms with Crippen molar-refractivity contribution in [1.82, 2.24) is 4.98 Å². The number of hydrogen-bond donors (Lipinski definition) is 1. The first kappa shape index (κ1) is 15.6. The Labute approximate surface area is 129 Å². The number of hydrogen-bond acceptors (Lipinski definition) is 5. The van der Waals surface area contributed by atoms with Gasteiger partial charge >= 0.3 is 0 Å². The molecule has 1 heterocycles. The van der Waals surface area contributed by atoms with Crippen molar-refractivity contribution in [2.75, 3.05) is 38.5 Å². The van der Waals surface area contributed by atoms with E-state index >= 15 is 0 Å². The first-order valence-corrected chi connectivity index (χ1v) is 6.72. The minimum atomic E-state index is -0.232. The number of anilines is 2. The summed E-state index contributed by atoms with van der Waals surface area (Å²) >= 11 is 0. The lowest BCUT2D eigenvalue weighted by molar-refractivity contribution is 0.102. The van der Waals surface area contributed by atoms with E-state index in [4.69, 9.17) is 9.47 Å². The van der Waals surface area contributed by atoms with E-state index in [1.54, 1.807) is 55.6 Å². The molecule has 0 saturated heterocycles. The lowest BCUT2D eigenvalue weighted by Crippen LogP contribution is -2.19. The second-order valence-corrected chi connectivity index (χ2v) is 4.79. The lowest BCUT2D eigenvalue weighted by atomic mass is 10.2. The fourth-order valence-electron chi connectivity index (χ4n) is 2.04. The number of nitrogens with zero attached hydrogens (tertiary/aromatic N) is 2. The van der Waals surface area contributed by atoms with E-state index < -0.39 is 0 Å². The van der Waals surface area contributed by atoms with Gasteiger partial charge in [-0.2, -0.15) is 0 Å². The Morgan fingerprint density at radius 1 is 1.14 bits per heavy atom. The van der Waals surface area contributed by atoms with Crippen LogP contribution >= 0.6 is 0 Å². The Hall–Kier alpha value is -2.76. The zero-order valence-corrected chi connectivity index (χ0v) is 13.1. The first-order chi connectivity index (χ1) is 10.6. The van der Waals surface area contributed by atoms with Crippen molar-refractivity contribution in [3.63, 3.8) is 0 Å². The molecule has 0 spiro atoms. The van der Waals surface area contributed by atoms with Crippen molar-refractivity contribution in [3.05, 3.63) is 42.1 Å². The number of methoxy groups -OCH3 is 2. The first-order valence-electron chi connectivity index (χ1n) is 6.72. The van der Waals surface area contributed by atoms with Crippen LogP contribution < -0.4 is 19.7 Å². The molecule has 0 atom stereocenters. The predicted octanol–water partition coefficient (Wildman–Crippen LogP) is 2.42. The van der Waals surface area contributed by atoms with E-state index in [1.807, 2.05) is 14.1 Å². The topological polar surface area (TPSA) is 63.7 Å². The van der Waals surface area contributed by atoms with Crippen molar-refractivity contribution in [2.45, 2.75) is 0 Å². The predicted molar refractivity (Wildman–Crippen MR) is 86.1 cm³/mol. The number of amides is 1. The van der Waals surface area contributed by atoms with Gasteiger partial charge in [0, 0.05) is 32.0 Å². The third kappa shape index (κ3) is 3.28. The summed E-state index contributed by atoms with van der Waals surface area (Å²) in [6.45, 7) is 0. The largest absolute Gasteiger partial charge is 0.493 e.